The van der Waals surface area contributed by atoms with E-state index < -0.39 is 22.0 Å². The summed E-state index contributed by atoms with van der Waals surface area (Å²) < 4.78 is 31.6. The van der Waals surface area contributed by atoms with Gasteiger partial charge in [0, 0.05) is 6.07 Å². The molecule has 8 heteroatoms. The zero-order valence-electron chi connectivity index (χ0n) is 11.4. The molecule has 2 rings (SSSR count). The molecule has 0 amide bonds. The Kier molecular flexibility index (Phi) is 4.10. The number of nitrogens with one attached hydrogen (secondary N) is 1. The first kappa shape index (κ1) is 15.2. The van der Waals surface area contributed by atoms with Crippen LogP contribution in [0.1, 0.15) is 34.6 Å². The highest BCUT2D eigenvalue weighted by atomic mass is 32.2. The minimum atomic E-state index is -3.85. The molecule has 21 heavy (non-hydrogen) atoms. The average molecular weight is 310 g/mol. The normalized spacial score (nSPS) is 13.0. The fourth-order valence-electron chi connectivity index (χ4n) is 1.81. The predicted molar refractivity (Wildman–Crippen MR) is 73.4 cm³/mol. The highest BCUT2D eigenvalue weighted by molar-refractivity contribution is 7.89. The summed E-state index contributed by atoms with van der Waals surface area (Å²) in [7, 11) is -3.85. The summed E-state index contributed by atoms with van der Waals surface area (Å²) >= 11 is 0. The molecule has 0 saturated heterocycles. The number of rotatable bonds is 5. The van der Waals surface area contributed by atoms with Gasteiger partial charge in [0.2, 0.25) is 10.0 Å². The number of aromatic nitrogens is 1. The predicted octanol–water partition coefficient (Wildman–Crippen LogP) is 1.72. The summed E-state index contributed by atoms with van der Waals surface area (Å²) in [4.78, 5) is 11.0. The molecule has 0 aliphatic rings. The van der Waals surface area contributed by atoms with E-state index >= 15 is 0 Å². The van der Waals surface area contributed by atoms with E-state index in [4.69, 9.17) is 5.11 Å². The number of carboxylic acid groups (broad SMARTS) is 1. The summed E-state index contributed by atoms with van der Waals surface area (Å²) in [6.45, 7) is 3.22. The Morgan fingerprint density at radius 3 is 2.67 bits per heavy atom. The molecular weight excluding hydrogens is 296 g/mol. The van der Waals surface area contributed by atoms with Crippen molar-refractivity contribution in [3.05, 3.63) is 47.3 Å². The lowest BCUT2D eigenvalue weighted by Crippen LogP contribution is -2.27. The second kappa shape index (κ2) is 5.66. The van der Waals surface area contributed by atoms with Crippen molar-refractivity contribution in [1.82, 2.24) is 9.88 Å². The lowest BCUT2D eigenvalue weighted by atomic mass is 10.1. The van der Waals surface area contributed by atoms with Gasteiger partial charge in [-0.25, -0.2) is 17.9 Å². The third-order valence-electron chi connectivity index (χ3n) is 2.98. The standard InChI is InChI=1S/C13H14N2O5S/c1-8-3-4-10(7-11(8)13(16)17)21(18,19)15-9(2)12-5-6-20-14-12/h3-7,9,15H,1-2H3,(H,16,17)/t9-/m1/s1. The topological polar surface area (TPSA) is 110 Å². The van der Waals surface area contributed by atoms with Gasteiger partial charge in [-0.05, 0) is 31.5 Å². The maximum Gasteiger partial charge on any atom is 0.335 e. The molecule has 2 aromatic rings. The molecule has 0 unspecified atom stereocenters. The molecule has 1 aromatic carbocycles. The molecular formula is C13H14N2O5S. The first-order valence-corrected chi connectivity index (χ1v) is 7.56. The van der Waals surface area contributed by atoms with E-state index in [1.807, 2.05) is 0 Å². The summed E-state index contributed by atoms with van der Waals surface area (Å²) in [5, 5.41) is 12.7. The molecule has 0 bridgehead atoms. The van der Waals surface area contributed by atoms with Crippen LogP contribution in [0.5, 0.6) is 0 Å². The third kappa shape index (κ3) is 3.29. The second-order valence-corrected chi connectivity index (χ2v) is 6.26. The van der Waals surface area contributed by atoms with E-state index in [1.165, 1.54) is 18.4 Å². The van der Waals surface area contributed by atoms with E-state index in [0.29, 0.717) is 11.3 Å². The Balaban J connectivity index is 2.32. The van der Waals surface area contributed by atoms with E-state index in [2.05, 4.69) is 14.4 Å². The van der Waals surface area contributed by atoms with Crippen LogP contribution in [0.4, 0.5) is 0 Å². The first-order chi connectivity index (χ1) is 9.81. The third-order valence-corrected chi connectivity index (χ3v) is 4.52. The van der Waals surface area contributed by atoms with Crippen molar-refractivity contribution >= 4 is 16.0 Å². The fourth-order valence-corrected chi connectivity index (χ4v) is 3.05. The lowest BCUT2D eigenvalue weighted by molar-refractivity contribution is 0.0696. The van der Waals surface area contributed by atoms with Crippen molar-refractivity contribution in [1.29, 1.82) is 0 Å². The van der Waals surface area contributed by atoms with Crippen LogP contribution in [-0.2, 0) is 10.0 Å². The summed E-state index contributed by atoms with van der Waals surface area (Å²) in [6.07, 6.45) is 1.34. The van der Waals surface area contributed by atoms with Crippen LogP contribution in [0.25, 0.3) is 0 Å². The number of aromatic carboxylic acids is 1. The minimum Gasteiger partial charge on any atom is -0.478 e. The van der Waals surface area contributed by atoms with E-state index in [-0.39, 0.29) is 10.5 Å². The minimum absolute atomic E-state index is 0.0491. The monoisotopic (exact) mass is 310 g/mol. The molecule has 0 fully saturated rings. The van der Waals surface area contributed by atoms with Gasteiger partial charge in [-0.1, -0.05) is 11.2 Å². The van der Waals surface area contributed by atoms with Crippen LogP contribution < -0.4 is 4.72 Å². The van der Waals surface area contributed by atoms with Crippen molar-refractivity contribution in [2.45, 2.75) is 24.8 Å². The number of carboxylic acids is 1. The SMILES string of the molecule is Cc1ccc(S(=O)(=O)N[C@H](C)c2ccon2)cc1C(=O)O. The molecule has 112 valence electrons. The van der Waals surface area contributed by atoms with Crippen LogP contribution in [-0.4, -0.2) is 24.7 Å². The number of aryl methyl sites for hydroxylation is 1. The molecule has 0 aliphatic heterocycles. The van der Waals surface area contributed by atoms with E-state index in [1.54, 1.807) is 19.9 Å². The van der Waals surface area contributed by atoms with Crippen LogP contribution in [0.15, 0.2) is 39.9 Å². The number of carbonyl (C=O) groups is 1. The first-order valence-electron chi connectivity index (χ1n) is 6.08. The molecule has 1 heterocycles. The van der Waals surface area contributed by atoms with Crippen LogP contribution in [0.3, 0.4) is 0 Å². The molecule has 0 saturated carbocycles. The van der Waals surface area contributed by atoms with Crippen molar-refractivity contribution in [3.63, 3.8) is 0 Å². The Hall–Kier alpha value is -2.19. The molecule has 0 aliphatic carbocycles. The van der Waals surface area contributed by atoms with Crippen LogP contribution >= 0.6 is 0 Å². The van der Waals surface area contributed by atoms with Gasteiger partial charge in [0.25, 0.3) is 0 Å². The molecule has 0 spiro atoms. The van der Waals surface area contributed by atoms with Gasteiger partial charge < -0.3 is 9.63 Å². The van der Waals surface area contributed by atoms with E-state index in [9.17, 15) is 13.2 Å². The summed E-state index contributed by atoms with van der Waals surface area (Å²) in [5.74, 6) is -1.17. The quantitative estimate of drug-likeness (QED) is 0.870. The average Bonchev–Trinajstić information content (AvgIpc) is 2.92. The number of nitrogens with zero attached hydrogens (tertiary/aromatic N) is 1. The van der Waals surface area contributed by atoms with Gasteiger partial charge in [0.15, 0.2) is 0 Å². The molecule has 7 nitrogen and oxygen atoms in total. The molecule has 0 radical (unpaired) electrons. The van der Waals surface area contributed by atoms with Gasteiger partial charge in [-0.3, -0.25) is 0 Å². The van der Waals surface area contributed by atoms with Gasteiger partial charge in [-0.15, -0.1) is 0 Å². The number of sulfonamides is 1. The Morgan fingerprint density at radius 2 is 2.10 bits per heavy atom. The maximum absolute atomic E-state index is 12.3. The molecule has 1 atom stereocenters. The van der Waals surface area contributed by atoms with Gasteiger partial charge in [0.1, 0.15) is 12.0 Å². The number of hydrogen-bond acceptors (Lipinski definition) is 5. The smallest absolute Gasteiger partial charge is 0.335 e. The summed E-state index contributed by atoms with van der Waals surface area (Å²) in [6, 6.07) is 4.90. The zero-order valence-corrected chi connectivity index (χ0v) is 12.2. The summed E-state index contributed by atoms with van der Waals surface area (Å²) in [5.41, 5.74) is 0.877. The number of benzene rings is 1. The molecule has 2 N–H and O–H groups in total. The Morgan fingerprint density at radius 1 is 1.38 bits per heavy atom. The Labute approximate surface area is 121 Å². The maximum atomic E-state index is 12.3. The molecule has 1 aromatic heterocycles. The van der Waals surface area contributed by atoms with Crippen LogP contribution in [0.2, 0.25) is 0 Å². The number of hydrogen-bond donors (Lipinski definition) is 2. The van der Waals surface area contributed by atoms with E-state index in [0.717, 1.165) is 6.07 Å². The second-order valence-electron chi connectivity index (χ2n) is 4.55. The lowest BCUT2D eigenvalue weighted by Gasteiger charge is -2.12. The van der Waals surface area contributed by atoms with Crippen molar-refractivity contribution in [2.75, 3.05) is 0 Å². The van der Waals surface area contributed by atoms with Gasteiger partial charge >= 0.3 is 5.97 Å². The van der Waals surface area contributed by atoms with Crippen LogP contribution in [0, 0.1) is 6.92 Å². The largest absolute Gasteiger partial charge is 0.478 e. The zero-order chi connectivity index (χ0) is 15.6. The van der Waals surface area contributed by atoms with Crippen molar-refractivity contribution in [3.8, 4) is 0 Å². The van der Waals surface area contributed by atoms with Gasteiger partial charge in [-0.2, -0.15) is 0 Å². The fraction of sp³-hybridized carbons (Fsp3) is 0.231. The highest BCUT2D eigenvalue weighted by Gasteiger charge is 2.21. The highest BCUT2D eigenvalue weighted by Crippen LogP contribution is 2.18. The Bertz CT molecular complexity index is 753. The van der Waals surface area contributed by atoms with Crippen molar-refractivity contribution < 1.29 is 22.8 Å². The van der Waals surface area contributed by atoms with Gasteiger partial charge in [0.05, 0.1) is 16.5 Å². The van der Waals surface area contributed by atoms with Crippen molar-refractivity contribution in [2.24, 2.45) is 0 Å².